The molecule has 0 unspecified atom stereocenters. The van der Waals surface area contributed by atoms with Gasteiger partial charge in [0.25, 0.3) is 0 Å². The third-order valence-corrected chi connectivity index (χ3v) is 6.06. The third-order valence-electron chi connectivity index (χ3n) is 3.38. The van der Waals surface area contributed by atoms with Crippen molar-refractivity contribution in [2.45, 2.75) is 25.2 Å². The highest BCUT2D eigenvalue weighted by Gasteiger charge is 2.13. The molecule has 0 spiro atoms. The first-order valence-electron chi connectivity index (χ1n) is 8.22. The molecule has 0 amide bonds. The minimum Gasteiger partial charge on any atom is -0.357 e. The van der Waals surface area contributed by atoms with Crippen LogP contribution in [0, 0.1) is 6.92 Å². The van der Waals surface area contributed by atoms with Gasteiger partial charge in [0.15, 0.2) is 15.8 Å². The minimum absolute atomic E-state index is 0.0146. The molecule has 1 aromatic heterocycles. The highest BCUT2D eigenvalue weighted by molar-refractivity contribution is 7.91. The molecule has 2 rings (SSSR count). The molecule has 2 aromatic rings. The molecule has 0 radical (unpaired) electrons. The van der Waals surface area contributed by atoms with Gasteiger partial charge in [0.1, 0.15) is 0 Å². The fraction of sp³-hybridized carbons (Fsp3) is 0.412. The minimum atomic E-state index is -3.30. The molecule has 0 aliphatic heterocycles. The molecule has 1 aromatic carbocycles. The Morgan fingerprint density at radius 1 is 1.24 bits per heavy atom. The number of guanidine groups is 1. The molecule has 25 heavy (non-hydrogen) atoms. The molecule has 0 atom stereocenters. The van der Waals surface area contributed by atoms with E-state index in [1.165, 1.54) is 4.88 Å². The Labute approximate surface area is 153 Å². The van der Waals surface area contributed by atoms with Crippen LogP contribution in [-0.4, -0.2) is 44.7 Å². The molecule has 0 aliphatic carbocycles. The van der Waals surface area contributed by atoms with Gasteiger partial charge in [-0.15, -0.1) is 11.3 Å². The average molecular weight is 381 g/mol. The lowest BCUT2D eigenvalue weighted by Crippen LogP contribution is -2.38. The molecule has 8 heteroatoms. The van der Waals surface area contributed by atoms with Gasteiger partial charge in [-0.25, -0.2) is 13.4 Å². The number of nitrogens with zero attached hydrogens (tertiary/aromatic N) is 2. The Balaban J connectivity index is 1.86. The van der Waals surface area contributed by atoms with Crippen LogP contribution in [0.2, 0.25) is 0 Å². The first kappa shape index (κ1) is 19.4. The number of aromatic nitrogens is 1. The van der Waals surface area contributed by atoms with E-state index in [0.29, 0.717) is 23.9 Å². The van der Waals surface area contributed by atoms with E-state index in [2.05, 4.69) is 20.6 Å². The summed E-state index contributed by atoms with van der Waals surface area (Å²) < 4.78 is 24.5. The van der Waals surface area contributed by atoms with Crippen LogP contribution in [0.1, 0.15) is 16.8 Å². The summed E-state index contributed by atoms with van der Waals surface area (Å²) in [5, 5.41) is 7.42. The zero-order valence-electron chi connectivity index (χ0n) is 14.5. The van der Waals surface area contributed by atoms with Crippen LogP contribution in [0.15, 0.2) is 46.4 Å². The SMILES string of the molecule is CCNC(=NCCS(=O)(=O)c1ccccc1)NCCc1ncc(C)s1. The third kappa shape index (κ3) is 6.47. The van der Waals surface area contributed by atoms with Crippen molar-refractivity contribution in [3.05, 3.63) is 46.4 Å². The summed E-state index contributed by atoms with van der Waals surface area (Å²) in [7, 11) is -3.30. The molecule has 0 aliphatic rings. The van der Waals surface area contributed by atoms with Crippen LogP contribution < -0.4 is 10.6 Å². The van der Waals surface area contributed by atoms with Crippen molar-refractivity contribution in [3.8, 4) is 0 Å². The summed E-state index contributed by atoms with van der Waals surface area (Å²) in [5.41, 5.74) is 0. The van der Waals surface area contributed by atoms with Crippen molar-refractivity contribution < 1.29 is 8.42 Å². The van der Waals surface area contributed by atoms with E-state index >= 15 is 0 Å². The highest BCUT2D eigenvalue weighted by Crippen LogP contribution is 2.11. The van der Waals surface area contributed by atoms with Crippen molar-refractivity contribution in [1.82, 2.24) is 15.6 Å². The number of thiazole rings is 1. The van der Waals surface area contributed by atoms with Crippen molar-refractivity contribution in [1.29, 1.82) is 0 Å². The van der Waals surface area contributed by atoms with E-state index in [-0.39, 0.29) is 12.3 Å². The van der Waals surface area contributed by atoms with Crippen LogP contribution >= 0.6 is 11.3 Å². The van der Waals surface area contributed by atoms with Gasteiger partial charge < -0.3 is 10.6 Å². The predicted octanol–water partition coefficient (Wildman–Crippen LogP) is 2.02. The molecule has 6 nitrogen and oxygen atoms in total. The number of aryl methyl sites for hydroxylation is 1. The Morgan fingerprint density at radius 2 is 2.00 bits per heavy atom. The molecule has 0 bridgehead atoms. The molecule has 1 heterocycles. The highest BCUT2D eigenvalue weighted by atomic mass is 32.2. The molecular weight excluding hydrogens is 356 g/mol. The zero-order valence-corrected chi connectivity index (χ0v) is 16.2. The summed E-state index contributed by atoms with van der Waals surface area (Å²) >= 11 is 1.68. The van der Waals surface area contributed by atoms with Gasteiger partial charge in [-0.05, 0) is 26.0 Å². The first-order valence-corrected chi connectivity index (χ1v) is 10.7. The number of aliphatic imine (C=N–C) groups is 1. The van der Waals surface area contributed by atoms with Gasteiger partial charge in [-0.2, -0.15) is 0 Å². The van der Waals surface area contributed by atoms with Gasteiger partial charge in [0.05, 0.1) is 22.2 Å². The predicted molar refractivity (Wildman–Crippen MR) is 103 cm³/mol. The van der Waals surface area contributed by atoms with Crippen molar-refractivity contribution >= 4 is 27.1 Å². The zero-order chi connectivity index (χ0) is 18.1. The second-order valence-corrected chi connectivity index (χ2v) is 8.86. The van der Waals surface area contributed by atoms with Crippen LogP contribution in [0.5, 0.6) is 0 Å². The molecule has 0 saturated carbocycles. The lowest BCUT2D eigenvalue weighted by Gasteiger charge is -2.10. The fourth-order valence-corrected chi connectivity index (χ4v) is 4.10. The smallest absolute Gasteiger partial charge is 0.191 e. The molecule has 0 fully saturated rings. The number of hydrogen-bond donors (Lipinski definition) is 2. The molecule has 2 N–H and O–H groups in total. The Bertz CT molecular complexity index is 786. The lowest BCUT2D eigenvalue weighted by molar-refractivity contribution is 0.596. The van der Waals surface area contributed by atoms with E-state index in [0.717, 1.165) is 11.4 Å². The summed E-state index contributed by atoms with van der Waals surface area (Å²) in [6, 6.07) is 8.47. The molecular formula is C17H24N4O2S2. The van der Waals surface area contributed by atoms with E-state index in [1.807, 2.05) is 20.0 Å². The second kappa shape index (κ2) is 9.53. The number of benzene rings is 1. The lowest BCUT2D eigenvalue weighted by atomic mass is 10.4. The van der Waals surface area contributed by atoms with Crippen LogP contribution in [-0.2, 0) is 16.3 Å². The van der Waals surface area contributed by atoms with Crippen LogP contribution in [0.3, 0.4) is 0 Å². The maximum atomic E-state index is 12.3. The van der Waals surface area contributed by atoms with Crippen LogP contribution in [0.25, 0.3) is 0 Å². The Kier molecular flexibility index (Phi) is 7.39. The monoisotopic (exact) mass is 380 g/mol. The largest absolute Gasteiger partial charge is 0.357 e. The quantitative estimate of drug-likeness (QED) is 0.541. The van der Waals surface area contributed by atoms with Gasteiger partial charge in [0.2, 0.25) is 0 Å². The van der Waals surface area contributed by atoms with E-state index in [9.17, 15) is 8.42 Å². The Hall–Kier alpha value is -1.93. The summed E-state index contributed by atoms with van der Waals surface area (Å²) in [4.78, 5) is 10.2. The summed E-state index contributed by atoms with van der Waals surface area (Å²) in [6.45, 7) is 5.64. The van der Waals surface area contributed by atoms with Gasteiger partial charge in [-0.1, -0.05) is 18.2 Å². The second-order valence-electron chi connectivity index (χ2n) is 5.43. The van der Waals surface area contributed by atoms with Gasteiger partial charge >= 0.3 is 0 Å². The van der Waals surface area contributed by atoms with Crippen LogP contribution in [0.4, 0.5) is 0 Å². The average Bonchev–Trinajstić information content (AvgIpc) is 3.01. The van der Waals surface area contributed by atoms with Crippen molar-refractivity contribution in [2.75, 3.05) is 25.4 Å². The van der Waals surface area contributed by atoms with Crippen molar-refractivity contribution in [2.24, 2.45) is 4.99 Å². The number of rotatable bonds is 8. The first-order chi connectivity index (χ1) is 12.0. The standard InChI is InChI=1S/C17H24N4O2S2/c1-3-18-17(19-10-9-16-21-13-14(2)24-16)20-11-12-25(22,23)15-7-5-4-6-8-15/h4-8,13H,3,9-12H2,1-2H3,(H2,18,19,20). The number of nitrogens with one attached hydrogen (secondary N) is 2. The maximum Gasteiger partial charge on any atom is 0.191 e. The fourth-order valence-electron chi connectivity index (χ4n) is 2.17. The summed E-state index contributed by atoms with van der Waals surface area (Å²) in [5.74, 6) is 0.609. The van der Waals surface area contributed by atoms with Gasteiger partial charge in [0, 0.05) is 30.6 Å². The topological polar surface area (TPSA) is 83.5 Å². The Morgan fingerprint density at radius 3 is 2.64 bits per heavy atom. The van der Waals surface area contributed by atoms with E-state index in [1.54, 1.807) is 41.7 Å². The van der Waals surface area contributed by atoms with Gasteiger partial charge in [-0.3, -0.25) is 4.99 Å². The number of hydrogen-bond acceptors (Lipinski definition) is 5. The normalized spacial score (nSPS) is 12.2. The summed E-state index contributed by atoms with van der Waals surface area (Å²) in [6.07, 6.45) is 2.68. The molecule has 136 valence electrons. The van der Waals surface area contributed by atoms with E-state index < -0.39 is 9.84 Å². The molecule has 0 saturated heterocycles. The maximum absolute atomic E-state index is 12.3. The number of sulfone groups is 1. The van der Waals surface area contributed by atoms with E-state index in [4.69, 9.17) is 0 Å². The van der Waals surface area contributed by atoms with Crippen molar-refractivity contribution in [3.63, 3.8) is 0 Å².